The van der Waals surface area contributed by atoms with E-state index in [1.807, 2.05) is 13.0 Å². The van der Waals surface area contributed by atoms with Crippen molar-refractivity contribution in [2.24, 2.45) is 0 Å². The molecule has 6 nitrogen and oxygen atoms in total. The van der Waals surface area contributed by atoms with Gasteiger partial charge in [0.15, 0.2) is 0 Å². The highest BCUT2D eigenvalue weighted by molar-refractivity contribution is 7.87. The first-order valence-corrected chi connectivity index (χ1v) is 8.14. The minimum Gasteiger partial charge on any atom is -0.481 e. The lowest BCUT2D eigenvalue weighted by Crippen LogP contribution is -2.33. The number of halogens is 1. The highest BCUT2D eigenvalue weighted by Gasteiger charge is 2.42. The lowest BCUT2D eigenvalue weighted by Gasteiger charge is -2.27. The molecule has 0 bridgehead atoms. The van der Waals surface area contributed by atoms with Gasteiger partial charge in [-0.1, -0.05) is 29.8 Å². The van der Waals surface area contributed by atoms with Gasteiger partial charge in [0, 0.05) is 13.0 Å². The predicted molar refractivity (Wildman–Crippen MR) is 76.3 cm³/mol. The van der Waals surface area contributed by atoms with Crippen molar-refractivity contribution < 1.29 is 27.0 Å². The largest absolute Gasteiger partial charge is 0.481 e. The van der Waals surface area contributed by atoms with E-state index >= 15 is 0 Å². The van der Waals surface area contributed by atoms with Crippen molar-refractivity contribution in [3.63, 3.8) is 0 Å². The van der Waals surface area contributed by atoms with Gasteiger partial charge in [-0.25, -0.2) is 0 Å². The Kier molecular flexibility index (Phi) is 4.50. The molecule has 1 aliphatic heterocycles. The molecule has 0 radical (unpaired) electrons. The molecule has 0 aromatic heterocycles. The second kappa shape index (κ2) is 6.04. The lowest BCUT2D eigenvalue weighted by atomic mass is 10.0. The Morgan fingerprint density at radius 1 is 1.50 bits per heavy atom. The monoisotopic (exact) mass is 329 g/mol. The van der Waals surface area contributed by atoms with Crippen LogP contribution >= 0.6 is 0 Å². The van der Waals surface area contributed by atoms with Crippen LogP contribution in [0.25, 0.3) is 0 Å². The summed E-state index contributed by atoms with van der Waals surface area (Å²) in [5.41, 5.74) is 1.47. The molecule has 0 spiro atoms. The van der Waals surface area contributed by atoms with Crippen LogP contribution in [-0.2, 0) is 19.8 Å². The molecule has 1 heterocycles. The Morgan fingerprint density at radius 2 is 2.18 bits per heavy atom. The number of benzene rings is 1. The number of amides is 1. The highest BCUT2D eigenvalue weighted by Crippen LogP contribution is 2.31. The highest BCUT2D eigenvalue weighted by atomic mass is 32.3. The first-order valence-electron chi connectivity index (χ1n) is 6.70. The van der Waals surface area contributed by atoms with Gasteiger partial charge in [0.1, 0.15) is 5.25 Å². The number of hydrogen-bond acceptors (Lipinski definition) is 4. The van der Waals surface area contributed by atoms with Gasteiger partial charge in [-0.05, 0) is 12.5 Å². The number of aliphatic carboxylic acids is 1. The average molecular weight is 329 g/mol. The SMILES string of the molecule is Cc1cccc(C(CC(=O)O)N2CC(S(=O)(=O)F)CC2=O)c1. The van der Waals surface area contributed by atoms with E-state index in [-0.39, 0.29) is 13.0 Å². The van der Waals surface area contributed by atoms with Crippen LogP contribution in [0.5, 0.6) is 0 Å². The van der Waals surface area contributed by atoms with Gasteiger partial charge in [-0.3, -0.25) is 9.59 Å². The molecule has 8 heteroatoms. The smallest absolute Gasteiger partial charge is 0.307 e. The van der Waals surface area contributed by atoms with Gasteiger partial charge < -0.3 is 10.0 Å². The Labute approximate surface area is 127 Å². The number of rotatable bonds is 5. The summed E-state index contributed by atoms with van der Waals surface area (Å²) in [4.78, 5) is 24.2. The van der Waals surface area contributed by atoms with Crippen LogP contribution in [0.3, 0.4) is 0 Å². The maximum atomic E-state index is 13.1. The van der Waals surface area contributed by atoms with Crippen LogP contribution in [0.4, 0.5) is 3.89 Å². The Bertz CT molecular complexity index is 703. The summed E-state index contributed by atoms with van der Waals surface area (Å²) in [6.45, 7) is 1.49. The Balaban J connectivity index is 2.34. The number of carboxylic acids is 1. The van der Waals surface area contributed by atoms with E-state index in [4.69, 9.17) is 5.11 Å². The first kappa shape index (κ1) is 16.4. The molecule has 22 heavy (non-hydrogen) atoms. The fourth-order valence-electron chi connectivity index (χ4n) is 2.64. The van der Waals surface area contributed by atoms with Crippen molar-refractivity contribution in [3.05, 3.63) is 35.4 Å². The molecule has 2 unspecified atom stereocenters. The number of aryl methyl sites for hydroxylation is 1. The standard InChI is InChI=1S/C14H16FNO5S/c1-9-3-2-4-10(5-9)12(7-14(18)19)16-8-11(6-13(16)17)22(15,20)21/h2-5,11-12H,6-8H2,1H3,(H,18,19). The fraction of sp³-hybridized carbons (Fsp3) is 0.429. The van der Waals surface area contributed by atoms with Gasteiger partial charge in [0.05, 0.1) is 12.5 Å². The van der Waals surface area contributed by atoms with E-state index in [0.29, 0.717) is 5.56 Å². The van der Waals surface area contributed by atoms with E-state index in [0.717, 1.165) is 10.5 Å². The second-order valence-electron chi connectivity index (χ2n) is 5.38. The lowest BCUT2D eigenvalue weighted by molar-refractivity contribution is -0.139. The average Bonchev–Trinajstić information content (AvgIpc) is 2.77. The molecule has 0 saturated carbocycles. The summed E-state index contributed by atoms with van der Waals surface area (Å²) in [5.74, 6) is -1.68. The summed E-state index contributed by atoms with van der Waals surface area (Å²) in [6, 6.07) is 6.14. The predicted octanol–water partition coefficient (Wildman–Crippen LogP) is 1.41. The van der Waals surface area contributed by atoms with Crippen molar-refractivity contribution in [2.45, 2.75) is 31.1 Å². The molecule has 1 amide bonds. The summed E-state index contributed by atoms with van der Waals surface area (Å²) in [5, 5.41) is 7.63. The van der Waals surface area contributed by atoms with Crippen LogP contribution in [0, 0.1) is 6.92 Å². The molecule has 2 rings (SSSR count). The summed E-state index contributed by atoms with van der Waals surface area (Å²) in [7, 11) is -4.83. The van der Waals surface area contributed by atoms with Crippen LogP contribution < -0.4 is 0 Å². The maximum Gasteiger partial charge on any atom is 0.307 e. The van der Waals surface area contributed by atoms with Gasteiger partial charge in [-0.15, -0.1) is 3.89 Å². The Hall–Kier alpha value is -1.96. The maximum absolute atomic E-state index is 13.1. The molecule has 1 saturated heterocycles. The second-order valence-corrected chi connectivity index (χ2v) is 6.99. The first-order chi connectivity index (χ1) is 10.2. The van der Waals surface area contributed by atoms with Crippen LogP contribution in [0.15, 0.2) is 24.3 Å². The fourth-order valence-corrected chi connectivity index (χ4v) is 3.32. The number of carboxylic acid groups (broad SMARTS) is 1. The molecule has 1 aliphatic rings. The molecule has 1 aromatic carbocycles. The number of likely N-dealkylation sites (tertiary alicyclic amines) is 1. The van der Waals surface area contributed by atoms with Crippen molar-refractivity contribution in [1.29, 1.82) is 0 Å². The third-order valence-electron chi connectivity index (χ3n) is 3.69. The molecule has 1 aromatic rings. The van der Waals surface area contributed by atoms with Gasteiger partial charge in [0.2, 0.25) is 5.91 Å². The third-order valence-corrected chi connectivity index (χ3v) is 4.80. The molecular weight excluding hydrogens is 313 g/mol. The van der Waals surface area contributed by atoms with Crippen LogP contribution in [0.2, 0.25) is 0 Å². The van der Waals surface area contributed by atoms with Crippen molar-refractivity contribution in [3.8, 4) is 0 Å². The molecule has 2 atom stereocenters. The minimum atomic E-state index is -4.83. The van der Waals surface area contributed by atoms with Crippen LogP contribution in [0.1, 0.15) is 30.0 Å². The quantitative estimate of drug-likeness (QED) is 0.825. The van der Waals surface area contributed by atoms with Crippen molar-refractivity contribution in [1.82, 2.24) is 4.90 Å². The Morgan fingerprint density at radius 3 is 2.68 bits per heavy atom. The summed E-state index contributed by atoms with van der Waals surface area (Å²) < 4.78 is 35.1. The van der Waals surface area contributed by atoms with E-state index < -0.39 is 39.8 Å². The number of carbonyl (C=O) groups is 2. The van der Waals surface area contributed by atoms with Crippen molar-refractivity contribution >= 4 is 22.1 Å². The minimum absolute atomic E-state index is 0.330. The number of nitrogens with zero attached hydrogens (tertiary/aromatic N) is 1. The van der Waals surface area contributed by atoms with Crippen molar-refractivity contribution in [2.75, 3.05) is 6.54 Å². The zero-order valence-electron chi connectivity index (χ0n) is 11.9. The molecule has 120 valence electrons. The zero-order valence-corrected chi connectivity index (χ0v) is 12.7. The third kappa shape index (κ3) is 3.62. The van der Waals surface area contributed by atoms with E-state index in [2.05, 4.69) is 0 Å². The van der Waals surface area contributed by atoms with E-state index in [1.54, 1.807) is 18.2 Å². The van der Waals surface area contributed by atoms with Crippen LogP contribution in [-0.4, -0.2) is 42.1 Å². The molecule has 1 N–H and O–H groups in total. The molecule has 1 fully saturated rings. The van der Waals surface area contributed by atoms with E-state index in [9.17, 15) is 21.9 Å². The topological polar surface area (TPSA) is 91.8 Å². The molecular formula is C14H16FNO5S. The normalized spacial score (nSPS) is 20.2. The van der Waals surface area contributed by atoms with Gasteiger partial charge in [0.25, 0.3) is 0 Å². The number of carbonyl (C=O) groups excluding carboxylic acids is 1. The zero-order chi connectivity index (χ0) is 16.5. The van der Waals surface area contributed by atoms with Gasteiger partial charge >= 0.3 is 16.2 Å². The number of hydrogen-bond donors (Lipinski definition) is 1. The molecule has 0 aliphatic carbocycles. The summed E-state index contributed by atoms with van der Waals surface area (Å²) in [6.07, 6.45) is -0.824. The van der Waals surface area contributed by atoms with E-state index in [1.165, 1.54) is 0 Å². The van der Waals surface area contributed by atoms with Gasteiger partial charge in [-0.2, -0.15) is 8.42 Å². The summed E-state index contributed by atoms with van der Waals surface area (Å²) >= 11 is 0.